The summed E-state index contributed by atoms with van der Waals surface area (Å²) in [5.41, 5.74) is -2.93. The molecule has 3 nitrogen and oxygen atoms in total. The molecular weight excluding hydrogens is 276 g/mol. The maximum Gasteiger partial charge on any atom is 0.431 e. The number of nitriles is 1. The molecule has 0 bridgehead atoms. The van der Waals surface area contributed by atoms with Crippen LogP contribution in [0.5, 0.6) is 0 Å². The summed E-state index contributed by atoms with van der Waals surface area (Å²) in [5.74, 6) is -0.646. The van der Waals surface area contributed by atoms with Crippen LogP contribution in [0.15, 0.2) is 41.2 Å². The molecule has 0 spiro atoms. The number of nitrogens with zero attached hydrogens (tertiary/aromatic N) is 2. The Morgan fingerprint density at radius 2 is 1.65 bits per heavy atom. The molecule has 0 aliphatic carbocycles. The number of hydrogen-bond acceptors (Lipinski definition) is 2. The fourth-order valence-corrected chi connectivity index (χ4v) is 1.69. The maximum atomic E-state index is 12.9. The van der Waals surface area contributed by atoms with Gasteiger partial charge in [-0.15, -0.1) is 0 Å². The standard InChI is InChI=1S/C13H6F4N2O/c14-9-2-4-10(5-3-9)19-11(13(15,16)17)6-1-8(7-18)12(19)20/h1-6H. The van der Waals surface area contributed by atoms with Crippen molar-refractivity contribution in [2.24, 2.45) is 0 Å². The number of benzene rings is 1. The van der Waals surface area contributed by atoms with Crippen LogP contribution in [0.1, 0.15) is 11.3 Å². The van der Waals surface area contributed by atoms with Crippen LogP contribution < -0.4 is 5.56 Å². The third-order valence-corrected chi connectivity index (χ3v) is 2.58. The van der Waals surface area contributed by atoms with Gasteiger partial charge in [-0.2, -0.15) is 18.4 Å². The van der Waals surface area contributed by atoms with E-state index in [1.807, 2.05) is 0 Å². The predicted octanol–water partition coefficient (Wildman–Crippen LogP) is 2.87. The average Bonchev–Trinajstić information content (AvgIpc) is 2.38. The minimum Gasteiger partial charge on any atom is -0.271 e. The molecule has 1 aromatic carbocycles. The molecule has 0 fully saturated rings. The number of pyridine rings is 1. The first-order valence-corrected chi connectivity index (χ1v) is 5.34. The van der Waals surface area contributed by atoms with Gasteiger partial charge in [-0.3, -0.25) is 9.36 Å². The van der Waals surface area contributed by atoms with Crippen molar-refractivity contribution in [1.29, 1.82) is 5.26 Å². The average molecular weight is 282 g/mol. The lowest BCUT2D eigenvalue weighted by atomic mass is 10.2. The topological polar surface area (TPSA) is 45.8 Å². The number of alkyl halides is 3. The Labute approximate surface area is 110 Å². The zero-order valence-electron chi connectivity index (χ0n) is 9.78. The van der Waals surface area contributed by atoms with Gasteiger partial charge < -0.3 is 0 Å². The highest BCUT2D eigenvalue weighted by atomic mass is 19.4. The zero-order chi connectivity index (χ0) is 14.9. The molecule has 1 heterocycles. The highest BCUT2D eigenvalue weighted by molar-refractivity contribution is 5.39. The molecule has 0 radical (unpaired) electrons. The molecule has 0 aliphatic rings. The molecule has 2 rings (SSSR count). The predicted molar refractivity (Wildman–Crippen MR) is 61.7 cm³/mol. The summed E-state index contributed by atoms with van der Waals surface area (Å²) in [6, 6.07) is 6.91. The van der Waals surface area contributed by atoms with Gasteiger partial charge in [0.15, 0.2) is 0 Å². The lowest BCUT2D eigenvalue weighted by Gasteiger charge is -2.15. The summed E-state index contributed by atoms with van der Waals surface area (Å²) < 4.78 is 51.9. The van der Waals surface area contributed by atoms with Crippen LogP contribution in [-0.2, 0) is 6.18 Å². The summed E-state index contributed by atoms with van der Waals surface area (Å²) in [6.45, 7) is 0. The molecular formula is C13H6F4N2O. The van der Waals surface area contributed by atoms with Crippen LogP contribution in [-0.4, -0.2) is 4.57 Å². The van der Waals surface area contributed by atoms with Crippen molar-refractivity contribution in [3.8, 4) is 11.8 Å². The SMILES string of the molecule is N#Cc1ccc(C(F)(F)F)n(-c2ccc(F)cc2)c1=O. The van der Waals surface area contributed by atoms with Gasteiger partial charge in [0.2, 0.25) is 0 Å². The summed E-state index contributed by atoms with van der Waals surface area (Å²) in [7, 11) is 0. The van der Waals surface area contributed by atoms with Gasteiger partial charge in [-0.1, -0.05) is 0 Å². The van der Waals surface area contributed by atoms with Crippen LogP contribution in [0.2, 0.25) is 0 Å². The van der Waals surface area contributed by atoms with E-state index in [2.05, 4.69) is 0 Å². The van der Waals surface area contributed by atoms with Crippen molar-refractivity contribution >= 4 is 0 Å². The Balaban J connectivity index is 2.81. The Kier molecular flexibility index (Phi) is 3.32. The highest BCUT2D eigenvalue weighted by Gasteiger charge is 2.35. The Morgan fingerprint density at radius 1 is 1.05 bits per heavy atom. The third kappa shape index (κ3) is 2.40. The second kappa shape index (κ2) is 4.81. The molecule has 0 amide bonds. The van der Waals surface area contributed by atoms with Crippen LogP contribution in [0.4, 0.5) is 17.6 Å². The molecule has 7 heteroatoms. The van der Waals surface area contributed by atoms with Crippen molar-refractivity contribution in [1.82, 2.24) is 4.57 Å². The van der Waals surface area contributed by atoms with Crippen molar-refractivity contribution in [3.05, 3.63) is 63.8 Å². The van der Waals surface area contributed by atoms with E-state index in [-0.39, 0.29) is 5.69 Å². The van der Waals surface area contributed by atoms with Crippen LogP contribution in [0, 0.1) is 17.1 Å². The van der Waals surface area contributed by atoms with Crippen molar-refractivity contribution in [2.45, 2.75) is 6.18 Å². The molecule has 0 atom stereocenters. The van der Waals surface area contributed by atoms with E-state index >= 15 is 0 Å². The van der Waals surface area contributed by atoms with Crippen molar-refractivity contribution in [3.63, 3.8) is 0 Å². The molecule has 0 aliphatic heterocycles. The number of rotatable bonds is 1. The van der Waals surface area contributed by atoms with Gasteiger partial charge in [0, 0.05) is 5.69 Å². The molecule has 0 saturated heterocycles. The van der Waals surface area contributed by atoms with E-state index in [0.29, 0.717) is 10.6 Å². The van der Waals surface area contributed by atoms with E-state index in [1.54, 1.807) is 0 Å². The molecule has 20 heavy (non-hydrogen) atoms. The van der Waals surface area contributed by atoms with Gasteiger partial charge in [0.1, 0.15) is 23.1 Å². The first-order chi connectivity index (χ1) is 9.34. The van der Waals surface area contributed by atoms with Crippen LogP contribution in [0.3, 0.4) is 0 Å². The van der Waals surface area contributed by atoms with E-state index in [1.165, 1.54) is 6.07 Å². The van der Waals surface area contributed by atoms with Gasteiger partial charge in [-0.05, 0) is 36.4 Å². The normalized spacial score (nSPS) is 11.2. The molecule has 0 saturated carbocycles. The third-order valence-electron chi connectivity index (χ3n) is 2.58. The molecule has 2 aromatic rings. The number of aromatic nitrogens is 1. The van der Waals surface area contributed by atoms with Gasteiger partial charge in [0.25, 0.3) is 5.56 Å². The minimum atomic E-state index is -4.78. The quantitative estimate of drug-likeness (QED) is 0.755. The molecule has 1 aromatic heterocycles. The van der Waals surface area contributed by atoms with Crippen molar-refractivity contribution in [2.75, 3.05) is 0 Å². The van der Waals surface area contributed by atoms with E-state index in [9.17, 15) is 22.4 Å². The van der Waals surface area contributed by atoms with Gasteiger partial charge in [-0.25, -0.2) is 4.39 Å². The smallest absolute Gasteiger partial charge is 0.271 e. The number of halogens is 4. The Bertz CT molecular complexity index is 739. The Hall–Kier alpha value is -2.62. The minimum absolute atomic E-state index is 0.166. The molecule has 102 valence electrons. The van der Waals surface area contributed by atoms with Crippen LogP contribution >= 0.6 is 0 Å². The monoisotopic (exact) mass is 282 g/mol. The summed E-state index contributed by atoms with van der Waals surface area (Å²) in [5, 5.41) is 8.72. The maximum absolute atomic E-state index is 12.9. The zero-order valence-corrected chi connectivity index (χ0v) is 9.78. The van der Waals surface area contributed by atoms with E-state index in [0.717, 1.165) is 30.3 Å². The largest absolute Gasteiger partial charge is 0.431 e. The summed E-state index contributed by atoms with van der Waals surface area (Å²) in [6.07, 6.45) is -4.78. The second-order valence-corrected chi connectivity index (χ2v) is 3.86. The first kappa shape index (κ1) is 13.8. The number of hydrogen-bond donors (Lipinski definition) is 0. The van der Waals surface area contributed by atoms with E-state index in [4.69, 9.17) is 5.26 Å². The fraction of sp³-hybridized carbons (Fsp3) is 0.0769. The lowest BCUT2D eigenvalue weighted by Crippen LogP contribution is -2.28. The fourth-order valence-electron chi connectivity index (χ4n) is 1.69. The molecule has 0 N–H and O–H groups in total. The summed E-state index contributed by atoms with van der Waals surface area (Å²) in [4.78, 5) is 11.9. The highest BCUT2D eigenvalue weighted by Crippen LogP contribution is 2.30. The second-order valence-electron chi connectivity index (χ2n) is 3.86. The van der Waals surface area contributed by atoms with Gasteiger partial charge in [0.05, 0.1) is 0 Å². The summed E-state index contributed by atoms with van der Waals surface area (Å²) >= 11 is 0. The first-order valence-electron chi connectivity index (χ1n) is 5.34. The van der Waals surface area contributed by atoms with Gasteiger partial charge >= 0.3 is 6.18 Å². The molecule has 0 unspecified atom stereocenters. The van der Waals surface area contributed by atoms with Crippen LogP contribution in [0.25, 0.3) is 5.69 Å². The Morgan fingerprint density at radius 3 is 2.15 bits per heavy atom. The van der Waals surface area contributed by atoms with E-state index < -0.39 is 28.8 Å². The lowest BCUT2D eigenvalue weighted by molar-refractivity contribution is -0.142. The van der Waals surface area contributed by atoms with Crippen molar-refractivity contribution < 1.29 is 17.6 Å².